The molecule has 0 bridgehead atoms. The van der Waals surface area contributed by atoms with Gasteiger partial charge >= 0.3 is 12.1 Å². The van der Waals surface area contributed by atoms with Gasteiger partial charge in [-0.25, -0.2) is 19.7 Å². The molecule has 2 saturated heterocycles. The molecule has 4 heterocycles. The van der Waals surface area contributed by atoms with E-state index in [1.165, 1.54) is 30.8 Å². The minimum absolute atomic E-state index is 0.0577. The Kier molecular flexibility index (Phi) is 8.87. The number of carbonyl (C=O) groups excluding carboxylic acids is 1. The van der Waals surface area contributed by atoms with Crippen molar-refractivity contribution < 1.29 is 32.6 Å². The summed E-state index contributed by atoms with van der Waals surface area (Å²) in [6.07, 6.45) is 1.04. The number of aliphatic carboxylic acids is 1. The maximum atomic E-state index is 13.6. The van der Waals surface area contributed by atoms with Crippen molar-refractivity contribution in [2.24, 2.45) is 0 Å². The molecule has 230 valence electrons. The highest BCUT2D eigenvalue weighted by Crippen LogP contribution is 2.37. The van der Waals surface area contributed by atoms with Crippen LogP contribution in [0.1, 0.15) is 64.1 Å². The zero-order valence-corrected chi connectivity index (χ0v) is 25.1. The number of hydrogen-bond donors (Lipinski definition) is 1. The van der Waals surface area contributed by atoms with Crippen molar-refractivity contribution in [3.8, 4) is 11.3 Å². The fraction of sp³-hybridized carbons (Fsp3) is 0.500. The van der Waals surface area contributed by atoms with E-state index in [0.29, 0.717) is 53.3 Å². The van der Waals surface area contributed by atoms with Gasteiger partial charge in [-0.2, -0.15) is 13.2 Å². The second kappa shape index (κ2) is 12.3. The summed E-state index contributed by atoms with van der Waals surface area (Å²) in [6, 6.07) is 4.30. The molecule has 1 N–H and O–H groups in total. The maximum absolute atomic E-state index is 13.6. The zero-order chi connectivity index (χ0) is 30.9. The number of halogens is 3. The Morgan fingerprint density at radius 1 is 1.14 bits per heavy atom. The normalized spacial score (nSPS) is 19.1. The molecule has 3 aromatic rings. The largest absolute Gasteiger partial charge is 0.479 e. The molecule has 2 aromatic heterocycles. The van der Waals surface area contributed by atoms with Gasteiger partial charge in [0.05, 0.1) is 30.1 Å². The number of likely N-dealkylation sites (tertiary alicyclic amines) is 1. The van der Waals surface area contributed by atoms with Crippen LogP contribution in [0, 0.1) is 6.92 Å². The second-order valence-corrected chi connectivity index (χ2v) is 12.4. The molecule has 2 fully saturated rings. The molecule has 13 heteroatoms. The number of piperidine rings is 1. The lowest BCUT2D eigenvalue weighted by molar-refractivity contribution is -0.164. The highest BCUT2D eigenvalue weighted by molar-refractivity contribution is 7.12. The Balaban J connectivity index is 1.35. The Hall–Kier alpha value is -3.42. The van der Waals surface area contributed by atoms with E-state index in [4.69, 9.17) is 9.72 Å². The fourth-order valence-corrected chi connectivity index (χ4v) is 6.88. The third-order valence-corrected chi connectivity index (χ3v) is 9.41. The van der Waals surface area contributed by atoms with E-state index in [1.807, 2.05) is 4.90 Å². The number of carbonyl (C=O) groups is 2. The smallest absolute Gasteiger partial charge is 0.416 e. The summed E-state index contributed by atoms with van der Waals surface area (Å²) in [5.74, 6) is -0.762. The van der Waals surface area contributed by atoms with Gasteiger partial charge in [-0.05, 0) is 57.0 Å². The number of benzene rings is 1. The first kappa shape index (κ1) is 31.0. The molecule has 1 atom stereocenters. The molecule has 0 radical (unpaired) electrons. The molecule has 2 aliphatic heterocycles. The number of alkyl halides is 3. The van der Waals surface area contributed by atoms with E-state index >= 15 is 0 Å². The lowest BCUT2D eigenvalue weighted by atomic mass is 9.91. The third kappa shape index (κ3) is 6.73. The standard InChI is InChI=1S/C30H34F3N5O4S/c1-18-11-20(13-21(12-18)30(31,32)33)27-24(17-38-8-4-5-19(38)2)43-26(36-27)14-23(39)22-15-35-25(16-34-22)37-9-6-29(42-3,7-10-37)28(40)41/h11-13,15-16,19H,4-10,14,17H2,1-3H3,(H,40,41)/t19-/m1/s1. The van der Waals surface area contributed by atoms with Gasteiger partial charge in [0.2, 0.25) is 0 Å². The number of nitrogens with zero attached hydrogens (tertiary/aromatic N) is 5. The molecular weight excluding hydrogens is 583 g/mol. The van der Waals surface area contributed by atoms with E-state index in [-0.39, 0.29) is 30.7 Å². The second-order valence-electron chi connectivity index (χ2n) is 11.3. The van der Waals surface area contributed by atoms with Gasteiger partial charge in [0.25, 0.3) is 0 Å². The zero-order valence-electron chi connectivity index (χ0n) is 24.3. The van der Waals surface area contributed by atoms with Crippen LogP contribution in [0.25, 0.3) is 11.3 Å². The Morgan fingerprint density at radius 3 is 2.47 bits per heavy atom. The molecule has 1 aromatic carbocycles. The number of carboxylic acids is 1. The molecule has 9 nitrogen and oxygen atoms in total. The molecule has 0 unspecified atom stereocenters. The van der Waals surface area contributed by atoms with Crippen LogP contribution < -0.4 is 4.90 Å². The van der Waals surface area contributed by atoms with Crippen LogP contribution in [-0.4, -0.2) is 75.1 Å². The van der Waals surface area contributed by atoms with E-state index < -0.39 is 23.3 Å². The van der Waals surface area contributed by atoms with Crippen LogP contribution in [-0.2, 0) is 28.7 Å². The van der Waals surface area contributed by atoms with Gasteiger partial charge in [0.15, 0.2) is 11.4 Å². The van der Waals surface area contributed by atoms with Gasteiger partial charge < -0.3 is 14.7 Å². The van der Waals surface area contributed by atoms with Crippen molar-refractivity contribution in [3.05, 3.63) is 57.3 Å². The fourth-order valence-electron chi connectivity index (χ4n) is 5.76. The lowest BCUT2D eigenvalue weighted by Crippen LogP contribution is -2.51. The predicted molar refractivity (Wildman–Crippen MR) is 155 cm³/mol. The molecule has 0 spiro atoms. The monoisotopic (exact) mass is 617 g/mol. The molecule has 0 amide bonds. The van der Waals surface area contributed by atoms with Crippen molar-refractivity contribution in [1.29, 1.82) is 0 Å². The number of hydrogen-bond acceptors (Lipinski definition) is 9. The highest BCUT2D eigenvalue weighted by Gasteiger charge is 2.42. The summed E-state index contributed by atoms with van der Waals surface area (Å²) in [5.41, 5.74) is -0.454. The first-order valence-electron chi connectivity index (χ1n) is 14.2. The maximum Gasteiger partial charge on any atom is 0.416 e. The average Bonchev–Trinajstić information content (AvgIpc) is 3.57. The SMILES string of the molecule is COC1(C(=O)O)CCN(c2cnc(C(=O)Cc3nc(-c4cc(C)cc(C(F)(F)F)c4)c(CN4CCC[C@H]4C)s3)cn2)CC1. The van der Waals surface area contributed by atoms with Crippen molar-refractivity contribution in [1.82, 2.24) is 19.9 Å². The van der Waals surface area contributed by atoms with Gasteiger partial charge in [-0.1, -0.05) is 0 Å². The molecule has 43 heavy (non-hydrogen) atoms. The van der Waals surface area contributed by atoms with Gasteiger partial charge in [-0.15, -0.1) is 11.3 Å². The number of ether oxygens (including phenoxy) is 1. The molecular formula is C30H34F3N5O4S. The summed E-state index contributed by atoms with van der Waals surface area (Å²) in [5, 5.41) is 10.0. The minimum atomic E-state index is -4.48. The highest BCUT2D eigenvalue weighted by atomic mass is 32.1. The average molecular weight is 618 g/mol. The quantitative estimate of drug-likeness (QED) is 0.316. The number of carboxylic acid groups (broad SMARTS) is 1. The van der Waals surface area contributed by atoms with E-state index in [0.717, 1.165) is 36.4 Å². The molecule has 2 aliphatic rings. The lowest BCUT2D eigenvalue weighted by Gasteiger charge is -2.38. The van der Waals surface area contributed by atoms with Crippen LogP contribution >= 0.6 is 11.3 Å². The minimum Gasteiger partial charge on any atom is -0.479 e. The van der Waals surface area contributed by atoms with Crippen molar-refractivity contribution in [2.75, 3.05) is 31.6 Å². The summed E-state index contributed by atoms with van der Waals surface area (Å²) < 4.78 is 46.1. The van der Waals surface area contributed by atoms with Crippen LogP contribution in [0.5, 0.6) is 0 Å². The molecule has 0 aliphatic carbocycles. The first-order valence-corrected chi connectivity index (χ1v) is 15.0. The number of aromatic nitrogens is 3. The summed E-state index contributed by atoms with van der Waals surface area (Å²) >= 11 is 1.34. The summed E-state index contributed by atoms with van der Waals surface area (Å²) in [6.45, 7) is 6.04. The summed E-state index contributed by atoms with van der Waals surface area (Å²) in [4.78, 5) is 43.3. The number of ketones is 1. The van der Waals surface area contributed by atoms with Crippen molar-refractivity contribution in [2.45, 2.75) is 70.3 Å². The van der Waals surface area contributed by atoms with Gasteiger partial charge in [0, 0.05) is 56.1 Å². The van der Waals surface area contributed by atoms with E-state index in [1.54, 1.807) is 13.0 Å². The van der Waals surface area contributed by atoms with Crippen LogP contribution in [0.4, 0.5) is 19.0 Å². The Bertz CT molecular complexity index is 1490. The van der Waals surface area contributed by atoms with Crippen LogP contribution in [0.15, 0.2) is 30.6 Å². The van der Waals surface area contributed by atoms with E-state index in [2.05, 4.69) is 21.8 Å². The first-order chi connectivity index (χ1) is 20.4. The Morgan fingerprint density at radius 2 is 1.88 bits per heavy atom. The van der Waals surface area contributed by atoms with Crippen molar-refractivity contribution in [3.63, 3.8) is 0 Å². The van der Waals surface area contributed by atoms with Crippen molar-refractivity contribution >= 4 is 28.9 Å². The summed E-state index contributed by atoms with van der Waals surface area (Å²) in [7, 11) is 1.39. The number of rotatable bonds is 9. The third-order valence-electron chi connectivity index (χ3n) is 8.37. The van der Waals surface area contributed by atoms with Crippen LogP contribution in [0.3, 0.4) is 0 Å². The van der Waals surface area contributed by atoms with Gasteiger partial charge in [-0.3, -0.25) is 9.69 Å². The number of aryl methyl sites for hydroxylation is 1. The number of Topliss-reactive ketones (excluding diaryl/α,β-unsaturated/α-hetero) is 1. The van der Waals surface area contributed by atoms with E-state index in [9.17, 15) is 27.9 Å². The topological polar surface area (TPSA) is 109 Å². The molecule has 0 saturated carbocycles. The van der Waals surface area contributed by atoms with Crippen LogP contribution in [0.2, 0.25) is 0 Å². The predicted octanol–water partition coefficient (Wildman–Crippen LogP) is 5.41. The number of thiazole rings is 1. The van der Waals surface area contributed by atoms with Gasteiger partial charge in [0.1, 0.15) is 16.5 Å². The molecule has 5 rings (SSSR count). The Labute approximate surface area is 251 Å². The number of methoxy groups -OCH3 is 1. The number of anilines is 1.